The summed E-state index contributed by atoms with van der Waals surface area (Å²) in [6.07, 6.45) is 3.04. The molecule has 2 N–H and O–H groups in total. The van der Waals surface area contributed by atoms with Gasteiger partial charge in [0.05, 0.1) is 11.1 Å². The van der Waals surface area contributed by atoms with Gasteiger partial charge in [0.15, 0.2) is 23.0 Å². The third kappa shape index (κ3) is 4.42. The molecule has 0 aliphatic carbocycles. The van der Waals surface area contributed by atoms with Gasteiger partial charge in [0.25, 0.3) is 0 Å². The second kappa shape index (κ2) is 7.20. The molecule has 0 saturated carbocycles. The highest BCUT2D eigenvalue weighted by Gasteiger charge is 2.12. The highest BCUT2D eigenvalue weighted by molar-refractivity contribution is 7.90. The largest absolute Gasteiger partial charge is 0.421 e. The molecule has 26 heavy (non-hydrogen) atoms. The van der Waals surface area contributed by atoms with Crippen molar-refractivity contribution in [3.63, 3.8) is 0 Å². The molecule has 11 heteroatoms. The fourth-order valence-electron chi connectivity index (χ4n) is 2.17. The number of sulfone groups is 1. The van der Waals surface area contributed by atoms with Gasteiger partial charge >= 0.3 is 6.01 Å². The van der Waals surface area contributed by atoms with Gasteiger partial charge in [-0.05, 0) is 18.6 Å². The van der Waals surface area contributed by atoms with E-state index >= 15 is 0 Å². The van der Waals surface area contributed by atoms with E-state index in [1.54, 1.807) is 0 Å². The van der Waals surface area contributed by atoms with E-state index in [1.165, 1.54) is 12.5 Å². The molecular weight excluding hydrogens is 368 g/mol. The van der Waals surface area contributed by atoms with Gasteiger partial charge in [-0.3, -0.25) is 5.10 Å². The zero-order valence-corrected chi connectivity index (χ0v) is 14.5. The van der Waals surface area contributed by atoms with Crippen LogP contribution in [0.15, 0.2) is 24.4 Å². The summed E-state index contributed by atoms with van der Waals surface area (Å²) in [6.45, 7) is 0.409. The number of aromatic amines is 1. The molecule has 0 aliphatic heterocycles. The number of nitrogens with zero attached hydrogens (tertiary/aromatic N) is 3. The van der Waals surface area contributed by atoms with E-state index in [2.05, 4.69) is 25.5 Å². The monoisotopic (exact) mass is 383 g/mol. The Kier molecular flexibility index (Phi) is 4.98. The number of benzene rings is 1. The lowest BCUT2D eigenvalue weighted by molar-refractivity contribution is 0.409. The standard InChI is InChI=1S/C15H15F2N5O3S/c1-26(23,24)6-2-5-18-13-10-8-19-15(20-14(10)22-21-13)25-12-4-3-9(16)7-11(12)17/h3-4,7-8H,2,5-6H2,1H3,(H2,18,19,20,21,22). The van der Waals surface area contributed by atoms with Crippen LogP contribution in [-0.2, 0) is 9.84 Å². The molecule has 0 bridgehead atoms. The smallest absolute Gasteiger partial charge is 0.324 e. The first-order valence-corrected chi connectivity index (χ1v) is 9.63. The number of ether oxygens (including phenoxy) is 1. The summed E-state index contributed by atoms with van der Waals surface area (Å²) >= 11 is 0. The molecular formula is C15H15F2N5O3S. The molecule has 0 radical (unpaired) electrons. The van der Waals surface area contributed by atoms with Crippen molar-refractivity contribution in [3.8, 4) is 11.8 Å². The molecule has 3 aromatic rings. The lowest BCUT2D eigenvalue weighted by Crippen LogP contribution is -2.10. The molecule has 0 amide bonds. The molecule has 138 valence electrons. The van der Waals surface area contributed by atoms with Crippen LogP contribution in [0.25, 0.3) is 11.0 Å². The Balaban J connectivity index is 1.70. The van der Waals surface area contributed by atoms with Crippen LogP contribution >= 0.6 is 0 Å². The molecule has 0 fully saturated rings. The van der Waals surface area contributed by atoms with E-state index in [9.17, 15) is 17.2 Å². The van der Waals surface area contributed by atoms with Crippen LogP contribution in [0, 0.1) is 11.6 Å². The number of fused-ring (bicyclic) bond motifs is 1. The Morgan fingerprint density at radius 2 is 2.12 bits per heavy atom. The van der Waals surface area contributed by atoms with E-state index in [-0.39, 0.29) is 17.5 Å². The Morgan fingerprint density at radius 3 is 2.85 bits per heavy atom. The number of halogens is 2. The number of hydrogen-bond donors (Lipinski definition) is 2. The van der Waals surface area contributed by atoms with Crippen molar-refractivity contribution in [2.45, 2.75) is 6.42 Å². The van der Waals surface area contributed by atoms with Crippen LogP contribution in [0.1, 0.15) is 6.42 Å². The molecule has 0 unspecified atom stereocenters. The predicted octanol–water partition coefficient (Wildman–Crippen LogP) is 2.27. The number of H-pyrrole nitrogens is 1. The van der Waals surface area contributed by atoms with E-state index in [0.29, 0.717) is 35.9 Å². The van der Waals surface area contributed by atoms with Gasteiger partial charge < -0.3 is 10.1 Å². The van der Waals surface area contributed by atoms with Gasteiger partial charge in [-0.15, -0.1) is 0 Å². The second-order valence-corrected chi connectivity index (χ2v) is 7.83. The minimum absolute atomic E-state index is 0.0695. The molecule has 0 spiro atoms. The first-order valence-electron chi connectivity index (χ1n) is 7.57. The molecule has 0 saturated heterocycles. The average Bonchev–Trinajstić information content (AvgIpc) is 2.96. The van der Waals surface area contributed by atoms with Crippen molar-refractivity contribution in [1.29, 1.82) is 0 Å². The highest BCUT2D eigenvalue weighted by atomic mass is 32.2. The molecule has 3 rings (SSSR count). The van der Waals surface area contributed by atoms with Gasteiger partial charge in [-0.25, -0.2) is 22.2 Å². The van der Waals surface area contributed by atoms with E-state index in [1.807, 2.05) is 0 Å². The zero-order valence-electron chi connectivity index (χ0n) is 13.7. The van der Waals surface area contributed by atoms with Crippen LogP contribution in [0.2, 0.25) is 0 Å². The van der Waals surface area contributed by atoms with Gasteiger partial charge in [-0.1, -0.05) is 0 Å². The topological polar surface area (TPSA) is 110 Å². The number of nitrogens with one attached hydrogen (secondary N) is 2. The summed E-state index contributed by atoms with van der Waals surface area (Å²) in [5.74, 6) is -1.25. The number of hydrogen-bond acceptors (Lipinski definition) is 7. The van der Waals surface area contributed by atoms with E-state index < -0.39 is 21.5 Å². The lowest BCUT2D eigenvalue weighted by Gasteiger charge is -2.05. The maximum absolute atomic E-state index is 13.6. The Morgan fingerprint density at radius 1 is 1.31 bits per heavy atom. The van der Waals surface area contributed by atoms with Gasteiger partial charge in [0.2, 0.25) is 0 Å². The maximum Gasteiger partial charge on any atom is 0.324 e. The summed E-state index contributed by atoms with van der Waals surface area (Å²) in [6, 6.07) is 2.77. The third-order valence-corrected chi connectivity index (χ3v) is 4.41. The normalized spacial score (nSPS) is 11.7. The van der Waals surface area contributed by atoms with Gasteiger partial charge in [0, 0.05) is 25.1 Å². The summed E-state index contributed by atoms with van der Waals surface area (Å²) in [5.41, 5.74) is 0.350. The van der Waals surface area contributed by atoms with Crippen molar-refractivity contribution in [3.05, 3.63) is 36.0 Å². The van der Waals surface area contributed by atoms with Gasteiger partial charge in [0.1, 0.15) is 15.7 Å². The van der Waals surface area contributed by atoms with Crippen molar-refractivity contribution in [1.82, 2.24) is 20.2 Å². The highest BCUT2D eigenvalue weighted by Crippen LogP contribution is 2.25. The summed E-state index contributed by atoms with van der Waals surface area (Å²) in [5, 5.41) is 10.3. The predicted molar refractivity (Wildman–Crippen MR) is 90.9 cm³/mol. The lowest BCUT2D eigenvalue weighted by atomic mass is 10.3. The van der Waals surface area contributed by atoms with Crippen LogP contribution in [0.4, 0.5) is 14.6 Å². The minimum atomic E-state index is -3.01. The fraction of sp³-hybridized carbons (Fsp3) is 0.267. The van der Waals surface area contributed by atoms with Crippen LogP contribution in [-0.4, -0.2) is 47.1 Å². The van der Waals surface area contributed by atoms with E-state index in [0.717, 1.165) is 12.1 Å². The van der Waals surface area contributed by atoms with Crippen LogP contribution < -0.4 is 10.1 Å². The number of aromatic nitrogens is 4. The second-order valence-electron chi connectivity index (χ2n) is 5.57. The number of rotatable bonds is 7. The summed E-state index contributed by atoms with van der Waals surface area (Å²) in [4.78, 5) is 8.05. The van der Waals surface area contributed by atoms with Crippen LogP contribution in [0.3, 0.4) is 0 Å². The van der Waals surface area contributed by atoms with Crippen LogP contribution in [0.5, 0.6) is 11.8 Å². The minimum Gasteiger partial charge on any atom is -0.421 e. The molecule has 0 aliphatic rings. The maximum atomic E-state index is 13.6. The van der Waals surface area contributed by atoms with Crippen molar-refractivity contribution in [2.24, 2.45) is 0 Å². The Hall–Kier alpha value is -2.82. The van der Waals surface area contributed by atoms with Crippen molar-refractivity contribution in [2.75, 3.05) is 23.9 Å². The molecule has 1 aromatic carbocycles. The number of anilines is 1. The molecule has 2 heterocycles. The first kappa shape index (κ1) is 18.0. The quantitative estimate of drug-likeness (QED) is 0.602. The Bertz CT molecular complexity index is 1040. The zero-order chi connectivity index (χ0) is 18.7. The average molecular weight is 383 g/mol. The molecule has 8 nitrogen and oxygen atoms in total. The SMILES string of the molecule is CS(=O)(=O)CCCNc1n[nH]c2nc(Oc3ccc(F)cc3F)ncc12. The fourth-order valence-corrected chi connectivity index (χ4v) is 2.84. The van der Waals surface area contributed by atoms with Gasteiger partial charge in [-0.2, -0.15) is 10.1 Å². The van der Waals surface area contributed by atoms with Crippen molar-refractivity contribution < 1.29 is 21.9 Å². The first-order chi connectivity index (χ1) is 12.3. The summed E-state index contributed by atoms with van der Waals surface area (Å²) in [7, 11) is -3.01. The molecule has 2 aromatic heterocycles. The Labute approximate surface area is 147 Å². The third-order valence-electron chi connectivity index (χ3n) is 3.37. The molecule has 0 atom stereocenters. The summed E-state index contributed by atoms with van der Waals surface area (Å²) < 4.78 is 54.0. The van der Waals surface area contributed by atoms with E-state index in [4.69, 9.17) is 4.74 Å². The van der Waals surface area contributed by atoms with Crippen molar-refractivity contribution >= 4 is 26.7 Å².